The van der Waals surface area contributed by atoms with Crippen LogP contribution in [0, 0.1) is 6.92 Å². The number of benzene rings is 1. The number of nitrogens with one attached hydrogen (secondary N) is 1. The van der Waals surface area contributed by atoms with E-state index in [4.69, 9.17) is 0 Å². The number of rotatable bonds is 4. The number of aryl methyl sites for hydroxylation is 1. The summed E-state index contributed by atoms with van der Waals surface area (Å²) < 4.78 is 0. The SMILES string of the molecule is CCNc1cc(Sc2ccccc2)nc(C)n1. The smallest absolute Gasteiger partial charge is 0.130 e. The highest BCUT2D eigenvalue weighted by atomic mass is 32.2. The van der Waals surface area contributed by atoms with E-state index >= 15 is 0 Å². The molecule has 88 valence electrons. The quantitative estimate of drug-likeness (QED) is 0.838. The van der Waals surface area contributed by atoms with Gasteiger partial charge in [-0.1, -0.05) is 30.0 Å². The molecule has 0 fully saturated rings. The first kappa shape index (κ1) is 11.9. The van der Waals surface area contributed by atoms with Crippen molar-refractivity contribution in [1.29, 1.82) is 0 Å². The summed E-state index contributed by atoms with van der Waals surface area (Å²) in [4.78, 5) is 9.94. The molecule has 4 heteroatoms. The van der Waals surface area contributed by atoms with Crippen LogP contribution in [0.2, 0.25) is 0 Å². The molecule has 2 rings (SSSR count). The molecule has 0 aliphatic heterocycles. The Morgan fingerprint density at radius 2 is 1.94 bits per heavy atom. The predicted octanol–water partition coefficient (Wildman–Crippen LogP) is 3.37. The van der Waals surface area contributed by atoms with E-state index in [1.165, 1.54) is 4.90 Å². The lowest BCUT2D eigenvalue weighted by atomic mass is 10.4. The van der Waals surface area contributed by atoms with Crippen LogP contribution in [0.5, 0.6) is 0 Å². The highest BCUT2D eigenvalue weighted by Crippen LogP contribution is 2.26. The summed E-state index contributed by atoms with van der Waals surface area (Å²) in [5, 5.41) is 4.18. The minimum absolute atomic E-state index is 0.793. The van der Waals surface area contributed by atoms with Gasteiger partial charge >= 0.3 is 0 Å². The molecule has 0 aliphatic carbocycles. The van der Waals surface area contributed by atoms with Crippen LogP contribution in [-0.2, 0) is 0 Å². The summed E-state index contributed by atoms with van der Waals surface area (Å²) in [6.45, 7) is 4.84. The predicted molar refractivity (Wildman–Crippen MR) is 71.5 cm³/mol. The molecule has 17 heavy (non-hydrogen) atoms. The third-order valence-corrected chi connectivity index (χ3v) is 3.06. The number of hydrogen-bond donors (Lipinski definition) is 1. The average Bonchev–Trinajstić information content (AvgIpc) is 2.30. The normalized spacial score (nSPS) is 10.2. The second kappa shape index (κ2) is 5.68. The highest BCUT2D eigenvalue weighted by molar-refractivity contribution is 7.99. The summed E-state index contributed by atoms with van der Waals surface area (Å²) in [6, 6.07) is 12.2. The van der Waals surface area contributed by atoms with Crippen LogP contribution in [0.4, 0.5) is 5.82 Å². The van der Waals surface area contributed by atoms with Crippen LogP contribution in [0.25, 0.3) is 0 Å². The lowest BCUT2D eigenvalue weighted by Gasteiger charge is -2.06. The van der Waals surface area contributed by atoms with Crippen LogP contribution < -0.4 is 5.32 Å². The lowest BCUT2D eigenvalue weighted by Crippen LogP contribution is -2.01. The van der Waals surface area contributed by atoms with Gasteiger partial charge in [-0.15, -0.1) is 0 Å². The maximum Gasteiger partial charge on any atom is 0.130 e. The van der Waals surface area contributed by atoms with Crippen molar-refractivity contribution in [2.24, 2.45) is 0 Å². The minimum Gasteiger partial charge on any atom is -0.370 e. The molecule has 1 aromatic carbocycles. The van der Waals surface area contributed by atoms with Gasteiger partial charge in [0, 0.05) is 17.5 Å². The van der Waals surface area contributed by atoms with Gasteiger partial charge in [0.05, 0.1) is 0 Å². The molecule has 0 atom stereocenters. The van der Waals surface area contributed by atoms with E-state index in [0.717, 1.165) is 23.2 Å². The fourth-order valence-corrected chi connectivity index (χ4v) is 2.36. The molecule has 1 heterocycles. The van der Waals surface area contributed by atoms with Gasteiger partial charge in [0.15, 0.2) is 0 Å². The highest BCUT2D eigenvalue weighted by Gasteiger charge is 2.03. The van der Waals surface area contributed by atoms with Gasteiger partial charge in [0.25, 0.3) is 0 Å². The first-order valence-electron chi connectivity index (χ1n) is 5.60. The second-order valence-corrected chi connectivity index (χ2v) is 4.68. The zero-order valence-electron chi connectivity index (χ0n) is 9.97. The van der Waals surface area contributed by atoms with Gasteiger partial charge in [-0.3, -0.25) is 0 Å². The van der Waals surface area contributed by atoms with E-state index in [1.54, 1.807) is 11.8 Å². The average molecular weight is 245 g/mol. The van der Waals surface area contributed by atoms with Crippen molar-refractivity contribution in [2.75, 3.05) is 11.9 Å². The number of aromatic nitrogens is 2. The minimum atomic E-state index is 0.793. The Labute approximate surface area is 106 Å². The van der Waals surface area contributed by atoms with Gasteiger partial charge in [-0.05, 0) is 26.0 Å². The van der Waals surface area contributed by atoms with Gasteiger partial charge < -0.3 is 5.32 Å². The Morgan fingerprint density at radius 1 is 1.18 bits per heavy atom. The fraction of sp³-hybridized carbons (Fsp3) is 0.231. The molecule has 0 bridgehead atoms. The monoisotopic (exact) mass is 245 g/mol. The molecule has 0 unspecified atom stereocenters. The Kier molecular flexibility index (Phi) is 3.98. The topological polar surface area (TPSA) is 37.8 Å². The third-order valence-electron chi connectivity index (χ3n) is 2.14. The van der Waals surface area contributed by atoms with Gasteiger partial charge in [0.2, 0.25) is 0 Å². The zero-order chi connectivity index (χ0) is 12.1. The lowest BCUT2D eigenvalue weighted by molar-refractivity contribution is 0.960. The van der Waals surface area contributed by atoms with E-state index in [0.29, 0.717) is 0 Å². The van der Waals surface area contributed by atoms with Crippen molar-refractivity contribution >= 4 is 17.6 Å². The Bertz CT molecular complexity index is 485. The van der Waals surface area contributed by atoms with Crippen molar-refractivity contribution in [3.8, 4) is 0 Å². The molecule has 0 saturated heterocycles. The standard InChI is InChI=1S/C13H15N3S/c1-3-14-12-9-13(16-10(2)15-12)17-11-7-5-4-6-8-11/h4-9H,3H2,1-2H3,(H,14,15,16). The van der Waals surface area contributed by atoms with Crippen molar-refractivity contribution in [3.63, 3.8) is 0 Å². The first-order valence-corrected chi connectivity index (χ1v) is 6.42. The van der Waals surface area contributed by atoms with Crippen molar-refractivity contribution < 1.29 is 0 Å². The molecule has 1 aromatic heterocycles. The Balaban J connectivity index is 2.21. The van der Waals surface area contributed by atoms with E-state index in [-0.39, 0.29) is 0 Å². The van der Waals surface area contributed by atoms with Crippen LogP contribution in [-0.4, -0.2) is 16.5 Å². The molecule has 0 aliphatic rings. The molecule has 0 radical (unpaired) electrons. The van der Waals surface area contributed by atoms with E-state index in [9.17, 15) is 0 Å². The zero-order valence-corrected chi connectivity index (χ0v) is 10.8. The molecule has 0 amide bonds. The summed E-state index contributed by atoms with van der Waals surface area (Å²) >= 11 is 1.65. The molecule has 0 spiro atoms. The second-order valence-electron chi connectivity index (χ2n) is 3.58. The largest absolute Gasteiger partial charge is 0.370 e. The van der Waals surface area contributed by atoms with Gasteiger partial charge in [-0.2, -0.15) is 0 Å². The summed E-state index contributed by atoms with van der Waals surface area (Å²) in [5.41, 5.74) is 0. The van der Waals surface area contributed by atoms with Crippen molar-refractivity contribution in [3.05, 3.63) is 42.2 Å². The van der Waals surface area contributed by atoms with Crippen LogP contribution in [0.3, 0.4) is 0 Å². The van der Waals surface area contributed by atoms with Crippen molar-refractivity contribution in [2.45, 2.75) is 23.8 Å². The fourth-order valence-electron chi connectivity index (χ4n) is 1.47. The molecular formula is C13H15N3S. The molecular weight excluding hydrogens is 230 g/mol. The van der Waals surface area contributed by atoms with Crippen molar-refractivity contribution in [1.82, 2.24) is 9.97 Å². The summed E-state index contributed by atoms with van der Waals surface area (Å²) in [7, 11) is 0. The Morgan fingerprint density at radius 3 is 2.65 bits per heavy atom. The van der Waals surface area contributed by atoms with Crippen LogP contribution in [0.1, 0.15) is 12.7 Å². The molecule has 3 nitrogen and oxygen atoms in total. The third kappa shape index (κ3) is 3.46. The Hall–Kier alpha value is -1.55. The number of hydrogen-bond acceptors (Lipinski definition) is 4. The van der Waals surface area contributed by atoms with E-state index < -0.39 is 0 Å². The number of nitrogens with zero attached hydrogens (tertiary/aromatic N) is 2. The molecule has 0 saturated carbocycles. The summed E-state index contributed by atoms with van der Waals surface area (Å²) in [6.07, 6.45) is 0. The molecule has 2 aromatic rings. The van der Waals surface area contributed by atoms with Crippen LogP contribution >= 0.6 is 11.8 Å². The number of anilines is 1. The van der Waals surface area contributed by atoms with Crippen LogP contribution in [0.15, 0.2) is 46.3 Å². The summed E-state index contributed by atoms with van der Waals surface area (Å²) in [5.74, 6) is 1.68. The van der Waals surface area contributed by atoms with E-state index in [1.807, 2.05) is 31.2 Å². The molecule has 1 N–H and O–H groups in total. The first-order chi connectivity index (χ1) is 8.28. The van der Waals surface area contributed by atoms with Gasteiger partial charge in [-0.25, -0.2) is 9.97 Å². The van der Waals surface area contributed by atoms with Gasteiger partial charge in [0.1, 0.15) is 16.7 Å². The maximum atomic E-state index is 4.42. The van der Waals surface area contributed by atoms with E-state index in [2.05, 4.69) is 34.3 Å². The maximum absolute atomic E-state index is 4.42.